The maximum atomic E-state index is 11.2. The fourth-order valence-electron chi connectivity index (χ4n) is 1.25. The van der Waals surface area contributed by atoms with Crippen molar-refractivity contribution in [3.63, 3.8) is 0 Å². The first-order valence-corrected chi connectivity index (χ1v) is 4.12. The lowest BCUT2D eigenvalue weighted by Gasteiger charge is -2.11. The molecule has 0 saturated heterocycles. The summed E-state index contributed by atoms with van der Waals surface area (Å²) in [4.78, 5) is 15.4. The van der Waals surface area contributed by atoms with Crippen LogP contribution in [-0.2, 0) is 9.53 Å². The molecule has 1 aliphatic rings. The van der Waals surface area contributed by atoms with E-state index in [4.69, 9.17) is 4.74 Å². The number of rotatable bonds is 2. The first-order valence-electron chi connectivity index (χ1n) is 4.12. The Morgan fingerprint density at radius 3 is 2.83 bits per heavy atom. The third kappa shape index (κ3) is 1.75. The molecule has 0 radical (unpaired) electrons. The summed E-state index contributed by atoms with van der Waals surface area (Å²) in [5.41, 5.74) is 0. The highest BCUT2D eigenvalue weighted by atomic mass is 16.5. The van der Waals surface area contributed by atoms with Gasteiger partial charge >= 0.3 is 5.97 Å². The maximum absolute atomic E-state index is 11.2. The smallest absolute Gasteiger partial charge is 0.333 e. The normalized spacial score (nSPS) is 27.8. The van der Waals surface area contributed by atoms with Crippen LogP contribution in [0.1, 0.15) is 20.8 Å². The summed E-state index contributed by atoms with van der Waals surface area (Å²) in [5, 5.41) is 3.06. The first kappa shape index (κ1) is 9.03. The van der Waals surface area contributed by atoms with Crippen molar-refractivity contribution in [2.24, 2.45) is 4.99 Å². The van der Waals surface area contributed by atoms with Gasteiger partial charge in [-0.15, -0.1) is 0 Å². The fourth-order valence-corrected chi connectivity index (χ4v) is 1.25. The van der Waals surface area contributed by atoms with Gasteiger partial charge < -0.3 is 10.1 Å². The molecule has 4 heteroatoms. The Labute approximate surface area is 72.0 Å². The van der Waals surface area contributed by atoms with Crippen LogP contribution < -0.4 is 5.32 Å². The Morgan fingerprint density at radius 2 is 2.42 bits per heavy atom. The summed E-state index contributed by atoms with van der Waals surface area (Å²) in [6.45, 7) is 5.97. The molecule has 1 rings (SSSR count). The molecule has 0 fully saturated rings. The Kier molecular flexibility index (Phi) is 2.68. The van der Waals surface area contributed by atoms with Crippen LogP contribution in [0.25, 0.3) is 0 Å². The Hall–Kier alpha value is -1.06. The molecule has 2 unspecified atom stereocenters. The minimum Gasteiger partial charge on any atom is -0.464 e. The molecule has 4 nitrogen and oxygen atoms in total. The number of hydrogen-bond donors (Lipinski definition) is 1. The van der Waals surface area contributed by atoms with Crippen molar-refractivity contribution >= 4 is 11.8 Å². The molecule has 0 aromatic rings. The van der Waals surface area contributed by atoms with Gasteiger partial charge in [0.15, 0.2) is 6.04 Å². The Bertz CT molecular complexity index is 213. The average molecular weight is 170 g/mol. The van der Waals surface area contributed by atoms with E-state index in [1.54, 1.807) is 6.92 Å². The second kappa shape index (κ2) is 3.56. The Balaban J connectivity index is 2.57. The molecule has 1 aliphatic heterocycles. The van der Waals surface area contributed by atoms with Gasteiger partial charge in [0, 0.05) is 0 Å². The molecule has 68 valence electrons. The second-order valence-electron chi connectivity index (χ2n) is 2.84. The average Bonchev–Trinajstić information content (AvgIpc) is 2.30. The van der Waals surface area contributed by atoms with Crippen molar-refractivity contribution < 1.29 is 9.53 Å². The SMILES string of the molecule is CCOC(=O)C1N=C(C)NC1C. The summed E-state index contributed by atoms with van der Waals surface area (Å²) >= 11 is 0. The number of amidine groups is 1. The van der Waals surface area contributed by atoms with Crippen LogP contribution in [0.15, 0.2) is 4.99 Å². The van der Waals surface area contributed by atoms with E-state index in [1.165, 1.54) is 0 Å². The standard InChI is InChI=1S/C8H14N2O2/c1-4-12-8(11)7-5(2)9-6(3)10-7/h5,7H,4H2,1-3H3,(H,9,10). The minimum absolute atomic E-state index is 0.0593. The van der Waals surface area contributed by atoms with Crippen molar-refractivity contribution in [1.29, 1.82) is 0 Å². The highest BCUT2D eigenvalue weighted by Gasteiger charge is 2.30. The van der Waals surface area contributed by atoms with E-state index in [9.17, 15) is 4.79 Å². The third-order valence-electron chi connectivity index (χ3n) is 1.77. The lowest BCUT2D eigenvalue weighted by atomic mass is 10.2. The van der Waals surface area contributed by atoms with Crippen LogP contribution in [0.2, 0.25) is 0 Å². The van der Waals surface area contributed by atoms with Gasteiger partial charge in [-0.1, -0.05) is 0 Å². The van der Waals surface area contributed by atoms with Crippen molar-refractivity contribution in [2.75, 3.05) is 6.61 Å². The molecule has 0 aromatic carbocycles. The van der Waals surface area contributed by atoms with Gasteiger partial charge in [0.2, 0.25) is 0 Å². The van der Waals surface area contributed by atoms with Crippen LogP contribution in [0.4, 0.5) is 0 Å². The van der Waals surface area contributed by atoms with Crippen LogP contribution in [0, 0.1) is 0 Å². The zero-order valence-corrected chi connectivity index (χ0v) is 7.63. The van der Waals surface area contributed by atoms with E-state index in [0.717, 1.165) is 5.84 Å². The van der Waals surface area contributed by atoms with E-state index in [1.807, 2.05) is 13.8 Å². The van der Waals surface area contributed by atoms with E-state index in [-0.39, 0.29) is 18.1 Å². The molecule has 12 heavy (non-hydrogen) atoms. The molecule has 0 aliphatic carbocycles. The van der Waals surface area contributed by atoms with Crippen molar-refractivity contribution in [2.45, 2.75) is 32.9 Å². The summed E-state index contributed by atoms with van der Waals surface area (Å²) < 4.78 is 4.86. The predicted octanol–water partition coefficient (Wildman–Crippen LogP) is 0.328. The van der Waals surface area contributed by atoms with E-state index >= 15 is 0 Å². The number of carbonyl (C=O) groups excluding carboxylic acids is 1. The second-order valence-corrected chi connectivity index (χ2v) is 2.84. The number of carbonyl (C=O) groups is 1. The van der Waals surface area contributed by atoms with Crippen molar-refractivity contribution in [1.82, 2.24) is 5.32 Å². The molecule has 0 spiro atoms. The highest BCUT2D eigenvalue weighted by molar-refractivity contribution is 5.89. The summed E-state index contributed by atoms with van der Waals surface area (Å²) in [7, 11) is 0. The van der Waals surface area contributed by atoms with Gasteiger partial charge in [-0.2, -0.15) is 0 Å². The first-order chi connectivity index (χ1) is 5.65. The summed E-state index contributed by atoms with van der Waals surface area (Å²) in [5.74, 6) is 0.565. The van der Waals surface area contributed by atoms with Gasteiger partial charge in [0.05, 0.1) is 18.5 Å². The van der Waals surface area contributed by atoms with Crippen molar-refractivity contribution in [3.8, 4) is 0 Å². The Morgan fingerprint density at radius 1 is 1.75 bits per heavy atom. The zero-order chi connectivity index (χ0) is 9.14. The molecule has 1 heterocycles. The summed E-state index contributed by atoms with van der Waals surface area (Å²) in [6, 6.07) is -0.297. The van der Waals surface area contributed by atoms with Crippen molar-refractivity contribution in [3.05, 3.63) is 0 Å². The molecule has 0 aromatic heterocycles. The molecule has 0 bridgehead atoms. The minimum atomic E-state index is -0.357. The van der Waals surface area contributed by atoms with Gasteiger partial charge in [-0.25, -0.2) is 4.79 Å². The fraction of sp³-hybridized carbons (Fsp3) is 0.750. The van der Waals surface area contributed by atoms with Gasteiger partial charge in [0.25, 0.3) is 0 Å². The molecule has 2 atom stereocenters. The highest BCUT2D eigenvalue weighted by Crippen LogP contribution is 2.08. The molecule has 0 saturated carbocycles. The van der Waals surface area contributed by atoms with E-state index < -0.39 is 0 Å². The van der Waals surface area contributed by atoms with Gasteiger partial charge in [-0.3, -0.25) is 4.99 Å². The maximum Gasteiger partial charge on any atom is 0.333 e. The zero-order valence-electron chi connectivity index (χ0n) is 7.63. The summed E-state index contributed by atoms with van der Waals surface area (Å²) in [6.07, 6.45) is 0. The third-order valence-corrected chi connectivity index (χ3v) is 1.77. The number of nitrogens with one attached hydrogen (secondary N) is 1. The van der Waals surface area contributed by atoms with E-state index in [2.05, 4.69) is 10.3 Å². The molecular weight excluding hydrogens is 156 g/mol. The number of hydrogen-bond acceptors (Lipinski definition) is 4. The molecule has 1 N–H and O–H groups in total. The van der Waals surface area contributed by atoms with E-state index in [0.29, 0.717) is 6.61 Å². The number of esters is 1. The van der Waals surface area contributed by atoms with Gasteiger partial charge in [0.1, 0.15) is 0 Å². The molecule has 0 amide bonds. The van der Waals surface area contributed by atoms with Gasteiger partial charge in [-0.05, 0) is 20.8 Å². The predicted molar refractivity (Wildman–Crippen MR) is 46.1 cm³/mol. The number of nitrogens with zero attached hydrogens (tertiary/aromatic N) is 1. The number of ether oxygens (including phenoxy) is 1. The lowest BCUT2D eigenvalue weighted by Crippen LogP contribution is -2.36. The number of aliphatic imine (C=N–C) groups is 1. The van der Waals surface area contributed by atoms with Crippen LogP contribution in [0.3, 0.4) is 0 Å². The van der Waals surface area contributed by atoms with Crippen LogP contribution >= 0.6 is 0 Å². The van der Waals surface area contributed by atoms with Crippen LogP contribution in [0.5, 0.6) is 0 Å². The largest absolute Gasteiger partial charge is 0.464 e. The quantitative estimate of drug-likeness (QED) is 0.607. The topological polar surface area (TPSA) is 50.7 Å². The van der Waals surface area contributed by atoms with Crippen LogP contribution in [-0.4, -0.2) is 30.5 Å². The molecular formula is C8H14N2O2. The lowest BCUT2D eigenvalue weighted by molar-refractivity contribution is -0.144. The monoisotopic (exact) mass is 170 g/mol.